The van der Waals surface area contributed by atoms with Crippen molar-refractivity contribution < 1.29 is 19.4 Å². The van der Waals surface area contributed by atoms with Crippen LogP contribution in [0.4, 0.5) is 5.69 Å². The Labute approximate surface area is 171 Å². The first-order valence-electron chi connectivity index (χ1n) is 9.59. The third kappa shape index (κ3) is 5.58. The Balaban J connectivity index is 2.02. The average Bonchev–Trinajstić information content (AvgIpc) is 2.72. The molecule has 1 amide bonds. The van der Waals surface area contributed by atoms with Crippen LogP contribution < -0.4 is 10.1 Å². The lowest BCUT2D eigenvalue weighted by Gasteiger charge is -2.26. The number of carboxylic acids is 1. The number of ether oxygens (including phenoxy) is 1. The van der Waals surface area contributed by atoms with Gasteiger partial charge in [0, 0.05) is 12.1 Å². The lowest BCUT2D eigenvalue weighted by atomic mass is 9.79. The van der Waals surface area contributed by atoms with Gasteiger partial charge in [0.05, 0.1) is 17.0 Å². The molecular weight excluding hydrogens is 368 g/mol. The Morgan fingerprint density at radius 3 is 2.48 bits per heavy atom. The topological polar surface area (TPSA) is 99.4 Å². The third-order valence-corrected chi connectivity index (χ3v) is 5.24. The number of hydrogen-bond donors (Lipinski definition) is 2. The molecule has 0 spiro atoms. The van der Waals surface area contributed by atoms with E-state index in [2.05, 4.69) is 11.4 Å². The van der Waals surface area contributed by atoms with E-state index in [-0.39, 0.29) is 12.3 Å². The molecule has 2 aromatic rings. The number of nitriles is 1. The molecule has 0 fully saturated rings. The number of rotatable bonds is 9. The van der Waals surface area contributed by atoms with Gasteiger partial charge in [-0.15, -0.1) is 0 Å². The zero-order valence-electron chi connectivity index (χ0n) is 17.0. The van der Waals surface area contributed by atoms with Crippen molar-refractivity contribution >= 4 is 17.6 Å². The van der Waals surface area contributed by atoms with Crippen LogP contribution in [0.1, 0.15) is 49.8 Å². The number of amides is 1. The van der Waals surface area contributed by atoms with Gasteiger partial charge < -0.3 is 15.2 Å². The molecule has 6 heteroatoms. The van der Waals surface area contributed by atoms with E-state index in [0.717, 1.165) is 11.1 Å². The lowest BCUT2D eigenvalue weighted by Crippen LogP contribution is -2.34. The molecule has 0 saturated carbocycles. The maximum atomic E-state index is 12.4. The van der Waals surface area contributed by atoms with Crippen LogP contribution in [0.3, 0.4) is 0 Å². The second-order valence-corrected chi connectivity index (χ2v) is 7.10. The molecule has 0 saturated heterocycles. The van der Waals surface area contributed by atoms with Gasteiger partial charge in [0.2, 0.25) is 5.91 Å². The van der Waals surface area contributed by atoms with Crippen LogP contribution in [0.5, 0.6) is 5.75 Å². The number of nitrogens with one attached hydrogen (secondary N) is 1. The highest BCUT2D eigenvalue weighted by molar-refractivity contribution is 5.94. The normalized spacial score (nSPS) is 10.8. The Bertz CT molecular complexity index is 927. The molecule has 0 bridgehead atoms. The fraction of sp³-hybridized carbons (Fsp3) is 0.348. The number of aryl methyl sites for hydroxylation is 1. The molecule has 0 atom stereocenters. The van der Waals surface area contributed by atoms with Crippen LogP contribution in [-0.2, 0) is 16.2 Å². The predicted octanol–water partition coefficient (Wildman–Crippen LogP) is 4.67. The second-order valence-electron chi connectivity index (χ2n) is 7.10. The van der Waals surface area contributed by atoms with Gasteiger partial charge in [-0.05, 0) is 61.2 Å². The van der Waals surface area contributed by atoms with Crippen LogP contribution in [-0.4, -0.2) is 17.0 Å². The minimum Gasteiger partial charge on any atom is -0.489 e. The van der Waals surface area contributed by atoms with Gasteiger partial charge in [-0.1, -0.05) is 26.0 Å². The number of benzene rings is 2. The molecule has 2 N–H and O–H groups in total. The van der Waals surface area contributed by atoms with E-state index >= 15 is 0 Å². The van der Waals surface area contributed by atoms with E-state index in [0.29, 0.717) is 36.4 Å². The van der Waals surface area contributed by atoms with Gasteiger partial charge in [0.25, 0.3) is 0 Å². The first kappa shape index (κ1) is 22.0. The fourth-order valence-corrected chi connectivity index (χ4v) is 3.14. The van der Waals surface area contributed by atoms with E-state index in [1.807, 2.05) is 25.1 Å². The van der Waals surface area contributed by atoms with Crippen molar-refractivity contribution in [3.8, 4) is 11.8 Å². The maximum absolute atomic E-state index is 12.4. The minimum atomic E-state index is -1.04. The summed E-state index contributed by atoms with van der Waals surface area (Å²) in [6.45, 7) is 5.75. The minimum absolute atomic E-state index is 0.0672. The van der Waals surface area contributed by atoms with Gasteiger partial charge in [-0.25, -0.2) is 0 Å². The number of carbonyl (C=O) groups excluding carboxylic acids is 1. The van der Waals surface area contributed by atoms with E-state index in [1.165, 1.54) is 0 Å². The van der Waals surface area contributed by atoms with Crippen molar-refractivity contribution in [2.75, 3.05) is 5.32 Å². The van der Waals surface area contributed by atoms with Gasteiger partial charge >= 0.3 is 5.97 Å². The zero-order chi connectivity index (χ0) is 21.4. The Kier molecular flexibility index (Phi) is 7.38. The smallest absolute Gasteiger partial charge is 0.310 e. The Hall–Kier alpha value is -3.33. The van der Waals surface area contributed by atoms with Gasteiger partial charge in [-0.3, -0.25) is 9.59 Å². The molecule has 0 unspecified atom stereocenters. The van der Waals surface area contributed by atoms with Crippen LogP contribution in [0, 0.1) is 23.7 Å². The number of carboxylic acid groups (broad SMARTS) is 1. The highest BCUT2D eigenvalue weighted by Gasteiger charge is 2.37. The number of hydrogen-bond acceptors (Lipinski definition) is 4. The first-order chi connectivity index (χ1) is 13.8. The molecule has 29 heavy (non-hydrogen) atoms. The summed E-state index contributed by atoms with van der Waals surface area (Å²) in [5.41, 5.74) is 1.87. The molecule has 0 radical (unpaired) electrons. The van der Waals surface area contributed by atoms with Crippen molar-refractivity contribution in [1.82, 2.24) is 0 Å². The average molecular weight is 394 g/mol. The summed E-state index contributed by atoms with van der Waals surface area (Å²) in [4.78, 5) is 24.0. The molecule has 0 aliphatic carbocycles. The molecular formula is C23H26N2O4. The Morgan fingerprint density at radius 2 is 1.90 bits per heavy atom. The van der Waals surface area contributed by atoms with Crippen molar-refractivity contribution in [2.24, 2.45) is 5.41 Å². The summed E-state index contributed by atoms with van der Waals surface area (Å²) in [5.74, 6) is -0.621. The van der Waals surface area contributed by atoms with Crippen molar-refractivity contribution in [2.45, 2.75) is 46.6 Å². The molecule has 2 aromatic carbocycles. The Morgan fingerprint density at radius 1 is 1.17 bits per heavy atom. The van der Waals surface area contributed by atoms with E-state index in [1.54, 1.807) is 38.1 Å². The number of nitrogens with zero attached hydrogens (tertiary/aromatic N) is 1. The van der Waals surface area contributed by atoms with Crippen LogP contribution in [0.25, 0.3) is 0 Å². The lowest BCUT2D eigenvalue weighted by molar-refractivity contribution is -0.151. The van der Waals surface area contributed by atoms with Gasteiger partial charge in [0.1, 0.15) is 12.4 Å². The highest BCUT2D eigenvalue weighted by atomic mass is 16.5. The largest absolute Gasteiger partial charge is 0.489 e. The molecule has 6 nitrogen and oxygen atoms in total. The SMILES string of the molecule is CCC(CC)(CC(=O)Nc1ccc(OCc2cccc(C#N)c2)cc1C)C(=O)O. The predicted molar refractivity (Wildman–Crippen MR) is 111 cm³/mol. The van der Waals surface area contributed by atoms with Crippen molar-refractivity contribution in [3.63, 3.8) is 0 Å². The van der Waals surface area contributed by atoms with Crippen LogP contribution >= 0.6 is 0 Å². The quantitative estimate of drug-likeness (QED) is 0.644. The van der Waals surface area contributed by atoms with Crippen LogP contribution in [0.2, 0.25) is 0 Å². The molecule has 2 rings (SSSR count). The van der Waals surface area contributed by atoms with Crippen molar-refractivity contribution in [1.29, 1.82) is 5.26 Å². The molecule has 152 valence electrons. The summed E-state index contributed by atoms with van der Waals surface area (Å²) in [6, 6.07) is 14.6. The summed E-state index contributed by atoms with van der Waals surface area (Å²) in [6.07, 6.45) is 0.721. The van der Waals surface area contributed by atoms with Crippen LogP contribution in [0.15, 0.2) is 42.5 Å². The van der Waals surface area contributed by atoms with E-state index < -0.39 is 11.4 Å². The van der Waals surface area contributed by atoms with Crippen molar-refractivity contribution in [3.05, 3.63) is 59.2 Å². The monoisotopic (exact) mass is 394 g/mol. The molecule has 0 aliphatic heterocycles. The molecule has 0 heterocycles. The first-order valence-corrected chi connectivity index (χ1v) is 9.59. The van der Waals surface area contributed by atoms with Gasteiger partial charge in [-0.2, -0.15) is 5.26 Å². The summed E-state index contributed by atoms with van der Waals surface area (Å²) >= 11 is 0. The van der Waals surface area contributed by atoms with Gasteiger partial charge in [0.15, 0.2) is 0 Å². The van der Waals surface area contributed by atoms with E-state index in [9.17, 15) is 14.7 Å². The maximum Gasteiger partial charge on any atom is 0.310 e. The molecule has 0 aromatic heterocycles. The summed E-state index contributed by atoms with van der Waals surface area (Å²) < 4.78 is 5.78. The number of aliphatic carboxylic acids is 1. The summed E-state index contributed by atoms with van der Waals surface area (Å²) in [5, 5.41) is 21.3. The zero-order valence-corrected chi connectivity index (χ0v) is 17.0. The summed E-state index contributed by atoms with van der Waals surface area (Å²) in [7, 11) is 0. The standard InChI is InChI=1S/C23H26N2O4/c1-4-23(5-2,22(27)28)13-21(26)25-20-10-9-19(11-16(20)3)29-15-18-8-6-7-17(12-18)14-24/h6-12H,4-5,13,15H2,1-3H3,(H,25,26)(H,27,28). The van der Waals surface area contributed by atoms with E-state index in [4.69, 9.17) is 10.00 Å². The third-order valence-electron chi connectivity index (χ3n) is 5.24. The number of carbonyl (C=O) groups is 2. The number of anilines is 1. The second kappa shape index (κ2) is 9.74. The highest BCUT2D eigenvalue weighted by Crippen LogP contribution is 2.32. The molecule has 0 aliphatic rings. The fourth-order valence-electron chi connectivity index (χ4n) is 3.14.